The number of carbonyl (C=O) groups excluding carboxylic acids is 2. The maximum atomic E-state index is 13.2. The van der Waals surface area contributed by atoms with E-state index in [1.54, 1.807) is 31.4 Å². The number of methoxy groups -OCH3 is 1. The third-order valence-electron chi connectivity index (χ3n) is 6.04. The number of aromatic nitrogens is 1. The number of esters is 1. The van der Waals surface area contributed by atoms with Gasteiger partial charge in [0.1, 0.15) is 5.75 Å². The molecule has 4 aromatic rings. The van der Waals surface area contributed by atoms with Crippen LogP contribution in [-0.2, 0) is 9.53 Å². The largest absolute Gasteiger partial charge is 0.497 e. The van der Waals surface area contributed by atoms with Crippen molar-refractivity contribution in [2.75, 3.05) is 19.5 Å². The minimum absolute atomic E-state index is 0.322. The van der Waals surface area contributed by atoms with Crippen molar-refractivity contribution in [1.29, 1.82) is 0 Å². The first-order chi connectivity index (χ1) is 18.0. The molecule has 0 saturated heterocycles. The summed E-state index contributed by atoms with van der Waals surface area (Å²) in [6, 6.07) is 23.7. The zero-order valence-electron chi connectivity index (χ0n) is 20.0. The lowest BCUT2D eigenvalue weighted by Crippen LogP contribution is -2.31. The second kappa shape index (κ2) is 10.6. The van der Waals surface area contributed by atoms with E-state index in [2.05, 4.69) is 10.1 Å². The van der Waals surface area contributed by atoms with Crippen LogP contribution in [0.25, 0.3) is 11.3 Å². The van der Waals surface area contributed by atoms with Crippen LogP contribution in [0.4, 0.5) is 5.13 Å². The molecule has 37 heavy (non-hydrogen) atoms. The first-order valence-corrected chi connectivity index (χ1v) is 12.5. The van der Waals surface area contributed by atoms with Crippen molar-refractivity contribution in [2.45, 2.75) is 12.5 Å². The number of nitrogens with two attached hydrogens (primary N) is 1. The molecule has 1 aromatic heterocycles. The van der Waals surface area contributed by atoms with E-state index in [0.29, 0.717) is 17.1 Å². The topological polar surface area (TPSA) is 107 Å². The van der Waals surface area contributed by atoms with Gasteiger partial charge in [-0.05, 0) is 35.4 Å². The lowest BCUT2D eigenvalue weighted by molar-refractivity contribution is -0.136. The number of hydrogen-bond acceptors (Lipinski definition) is 8. The Morgan fingerprint density at radius 3 is 2.38 bits per heavy atom. The van der Waals surface area contributed by atoms with Crippen molar-refractivity contribution >= 4 is 34.1 Å². The highest BCUT2D eigenvalue weighted by molar-refractivity contribution is 7.13. The van der Waals surface area contributed by atoms with Crippen LogP contribution in [0.1, 0.15) is 33.9 Å². The summed E-state index contributed by atoms with van der Waals surface area (Å²) in [5.74, 6) is -0.276. The van der Waals surface area contributed by atoms with Crippen molar-refractivity contribution in [3.8, 4) is 17.0 Å². The number of hydrazone groups is 1. The minimum Gasteiger partial charge on any atom is -0.497 e. The molecule has 0 fully saturated rings. The summed E-state index contributed by atoms with van der Waals surface area (Å²) >= 11 is 1.35. The summed E-state index contributed by atoms with van der Waals surface area (Å²) in [5, 5.41) is 8.35. The second-order valence-corrected chi connectivity index (χ2v) is 9.26. The summed E-state index contributed by atoms with van der Waals surface area (Å²) in [6.07, 6.45) is 0.540. The smallest absolute Gasteiger partial charge is 0.338 e. The van der Waals surface area contributed by atoms with E-state index in [4.69, 9.17) is 15.2 Å². The van der Waals surface area contributed by atoms with E-state index in [-0.39, 0.29) is 6.04 Å². The zero-order valence-corrected chi connectivity index (χ0v) is 20.9. The van der Waals surface area contributed by atoms with Gasteiger partial charge in [-0.25, -0.2) is 14.8 Å². The van der Waals surface area contributed by atoms with Gasteiger partial charge in [0.25, 0.3) is 5.91 Å². The third kappa shape index (κ3) is 5.36. The summed E-state index contributed by atoms with van der Waals surface area (Å²) in [7, 11) is 1.60. The van der Waals surface area contributed by atoms with Gasteiger partial charge in [-0.3, -0.25) is 4.79 Å². The average Bonchev–Trinajstić information content (AvgIpc) is 3.59. The molecule has 9 heteroatoms. The highest BCUT2D eigenvalue weighted by Gasteiger charge is 2.33. The van der Waals surface area contributed by atoms with Gasteiger partial charge in [0.15, 0.2) is 11.7 Å². The molecule has 5 rings (SSSR count). The molecule has 3 aromatic carbocycles. The Bertz CT molecular complexity index is 1430. The van der Waals surface area contributed by atoms with Gasteiger partial charge in [0.05, 0.1) is 30.1 Å². The summed E-state index contributed by atoms with van der Waals surface area (Å²) < 4.78 is 10.6. The van der Waals surface area contributed by atoms with Crippen LogP contribution in [0, 0.1) is 0 Å². The fourth-order valence-electron chi connectivity index (χ4n) is 4.11. The number of ether oxygens (including phenoxy) is 2. The van der Waals surface area contributed by atoms with E-state index < -0.39 is 18.5 Å². The predicted octanol–water partition coefficient (Wildman–Crippen LogP) is 4.94. The van der Waals surface area contributed by atoms with Crippen molar-refractivity contribution in [1.82, 2.24) is 9.99 Å². The first-order valence-electron chi connectivity index (χ1n) is 11.6. The van der Waals surface area contributed by atoms with Gasteiger partial charge in [0, 0.05) is 17.4 Å². The van der Waals surface area contributed by atoms with Crippen LogP contribution in [0.5, 0.6) is 5.75 Å². The molecule has 0 saturated carbocycles. The van der Waals surface area contributed by atoms with E-state index >= 15 is 0 Å². The number of carbonyl (C=O) groups is 2. The average molecular weight is 513 g/mol. The highest BCUT2D eigenvalue weighted by Crippen LogP contribution is 2.33. The fourth-order valence-corrected chi connectivity index (χ4v) is 4.68. The maximum Gasteiger partial charge on any atom is 0.338 e. The van der Waals surface area contributed by atoms with Crippen LogP contribution in [0.3, 0.4) is 0 Å². The molecule has 0 aliphatic carbocycles. The summed E-state index contributed by atoms with van der Waals surface area (Å²) in [6.45, 7) is -0.429. The molecule has 0 radical (unpaired) electrons. The van der Waals surface area contributed by atoms with Gasteiger partial charge in [-0.2, -0.15) is 5.10 Å². The molecule has 186 valence electrons. The maximum absolute atomic E-state index is 13.2. The molecule has 1 unspecified atom stereocenters. The van der Waals surface area contributed by atoms with E-state index in [9.17, 15) is 9.59 Å². The number of amides is 1. The lowest BCUT2D eigenvalue weighted by Gasteiger charge is -2.22. The van der Waals surface area contributed by atoms with E-state index in [1.165, 1.54) is 16.3 Å². The lowest BCUT2D eigenvalue weighted by atomic mass is 9.98. The summed E-state index contributed by atoms with van der Waals surface area (Å²) in [5.41, 5.74) is 10.2. The number of anilines is 1. The number of hydrogen-bond donors (Lipinski definition) is 1. The molecule has 1 amide bonds. The summed E-state index contributed by atoms with van der Waals surface area (Å²) in [4.78, 5) is 30.1. The molecule has 0 spiro atoms. The molecule has 1 aliphatic rings. The molecular weight excluding hydrogens is 488 g/mol. The standard InChI is InChI=1S/C28H24N4O4S/c1-35-22-13-11-20(12-14-22)25-15-23(18-5-3-2-4-6-18)31-32(25)26(33)16-36-27(34)21-9-7-19(8-10-21)24-17-37-28(29)30-24/h2-14,17,25H,15-16H2,1H3,(H2,29,30). The highest BCUT2D eigenvalue weighted by atomic mass is 32.1. The van der Waals surface area contributed by atoms with E-state index in [0.717, 1.165) is 33.8 Å². The third-order valence-corrected chi connectivity index (χ3v) is 6.71. The minimum atomic E-state index is -0.592. The van der Waals surface area contributed by atoms with Crippen LogP contribution in [0.2, 0.25) is 0 Å². The van der Waals surface area contributed by atoms with Crippen molar-refractivity contribution in [2.24, 2.45) is 5.10 Å². The number of nitrogens with zero attached hydrogens (tertiary/aromatic N) is 3. The molecule has 1 aliphatic heterocycles. The Morgan fingerprint density at radius 1 is 1.00 bits per heavy atom. The Hall–Kier alpha value is -4.50. The molecule has 8 nitrogen and oxygen atoms in total. The van der Waals surface area contributed by atoms with Gasteiger partial charge < -0.3 is 15.2 Å². The quantitative estimate of drug-likeness (QED) is 0.352. The number of rotatable bonds is 7. The fraction of sp³-hybridized carbons (Fsp3) is 0.143. The van der Waals surface area contributed by atoms with Crippen molar-refractivity contribution in [3.05, 3.63) is 101 Å². The number of benzene rings is 3. The van der Waals surface area contributed by atoms with Gasteiger partial charge >= 0.3 is 5.97 Å². The Labute approximate surface area is 218 Å². The first kappa shape index (κ1) is 24.2. The molecular formula is C28H24N4O4S. The van der Waals surface area contributed by atoms with Crippen LogP contribution in [0.15, 0.2) is 89.3 Å². The van der Waals surface area contributed by atoms with Crippen LogP contribution >= 0.6 is 11.3 Å². The van der Waals surface area contributed by atoms with Gasteiger partial charge in [-0.1, -0.05) is 54.6 Å². The van der Waals surface area contributed by atoms with Crippen molar-refractivity contribution < 1.29 is 19.1 Å². The molecule has 2 N–H and O–H groups in total. The Morgan fingerprint density at radius 2 is 1.73 bits per heavy atom. The second-order valence-electron chi connectivity index (χ2n) is 8.37. The molecule has 1 atom stereocenters. The predicted molar refractivity (Wildman–Crippen MR) is 142 cm³/mol. The van der Waals surface area contributed by atoms with Crippen LogP contribution < -0.4 is 10.5 Å². The molecule has 0 bridgehead atoms. The SMILES string of the molecule is COc1ccc(C2CC(c3ccccc3)=NN2C(=O)COC(=O)c2ccc(-c3csc(N)n3)cc2)cc1. The van der Waals surface area contributed by atoms with Gasteiger partial charge in [0.2, 0.25) is 0 Å². The van der Waals surface area contributed by atoms with Crippen molar-refractivity contribution in [3.63, 3.8) is 0 Å². The molecule has 2 heterocycles. The Kier molecular flexibility index (Phi) is 6.96. The zero-order chi connectivity index (χ0) is 25.8. The Balaban J connectivity index is 1.30. The monoisotopic (exact) mass is 512 g/mol. The van der Waals surface area contributed by atoms with E-state index in [1.807, 2.05) is 60.0 Å². The normalized spacial score (nSPS) is 14.8. The van der Waals surface area contributed by atoms with Gasteiger partial charge in [-0.15, -0.1) is 11.3 Å². The number of nitrogen functional groups attached to an aromatic ring is 1. The van der Waals surface area contributed by atoms with Crippen LogP contribution in [-0.4, -0.2) is 41.3 Å². The number of thiazole rings is 1.